The monoisotopic (exact) mass is 549 g/mol. The van der Waals surface area contributed by atoms with Gasteiger partial charge in [0.2, 0.25) is 0 Å². The van der Waals surface area contributed by atoms with Crippen molar-refractivity contribution in [1.82, 2.24) is 0 Å². The van der Waals surface area contributed by atoms with Crippen LogP contribution in [0.1, 0.15) is 92.9 Å². The van der Waals surface area contributed by atoms with Gasteiger partial charge in [0.1, 0.15) is 6.07 Å². The van der Waals surface area contributed by atoms with Crippen molar-refractivity contribution in [2.75, 3.05) is 20.8 Å². The summed E-state index contributed by atoms with van der Waals surface area (Å²) in [4.78, 5) is 41.6. The Bertz CT molecular complexity index is 1260. The summed E-state index contributed by atoms with van der Waals surface area (Å²) in [6.45, 7) is 13.7. The predicted octanol–water partition coefficient (Wildman–Crippen LogP) is 6.40. The maximum Gasteiger partial charge on any atom is 0.312 e. The van der Waals surface area contributed by atoms with E-state index in [1.807, 2.05) is 19.1 Å². The average Bonchev–Trinajstić information content (AvgIpc) is 2.90. The lowest BCUT2D eigenvalue weighted by atomic mass is 9.34. The number of hydrogen-bond acceptors (Lipinski definition) is 6. The Morgan fingerprint density at radius 1 is 1.02 bits per heavy atom. The number of esters is 1. The van der Waals surface area contributed by atoms with E-state index in [0.29, 0.717) is 13.0 Å². The summed E-state index contributed by atoms with van der Waals surface area (Å²) in [6, 6.07) is 2.21. The molecule has 0 aromatic heterocycles. The topological polar surface area (TPSA) is 93.5 Å². The molecule has 0 N–H and O–H groups in total. The van der Waals surface area contributed by atoms with Gasteiger partial charge in [-0.2, -0.15) is 5.26 Å². The van der Waals surface area contributed by atoms with E-state index in [4.69, 9.17) is 9.47 Å². The molecule has 3 fully saturated rings. The molecule has 6 heteroatoms. The van der Waals surface area contributed by atoms with Crippen LogP contribution in [0.25, 0.3) is 0 Å². The summed E-state index contributed by atoms with van der Waals surface area (Å²) in [7, 11) is 3.12. The first-order valence-corrected chi connectivity index (χ1v) is 15.1. The van der Waals surface area contributed by atoms with Crippen molar-refractivity contribution in [2.45, 2.75) is 92.9 Å². The Morgan fingerprint density at radius 2 is 1.70 bits per heavy atom. The fraction of sp³-hybridized carbons (Fsp3) is 0.765. The molecule has 0 spiro atoms. The van der Waals surface area contributed by atoms with Crippen molar-refractivity contribution >= 4 is 17.5 Å². The van der Waals surface area contributed by atoms with Crippen molar-refractivity contribution in [3.63, 3.8) is 0 Å². The third-order valence-electron chi connectivity index (χ3n) is 13.1. The first kappa shape index (κ1) is 29.2. The van der Waals surface area contributed by atoms with Gasteiger partial charge in [0.05, 0.1) is 18.1 Å². The van der Waals surface area contributed by atoms with Gasteiger partial charge in [0.25, 0.3) is 0 Å². The number of methoxy groups -OCH3 is 2. The number of nitriles is 1. The van der Waals surface area contributed by atoms with Crippen LogP contribution in [0.3, 0.4) is 0 Å². The summed E-state index contributed by atoms with van der Waals surface area (Å²) in [5.74, 6) is -0.512. The van der Waals surface area contributed by atoms with Crippen molar-refractivity contribution in [2.24, 2.45) is 50.2 Å². The van der Waals surface area contributed by atoms with Crippen LogP contribution >= 0.6 is 0 Å². The van der Waals surface area contributed by atoms with Gasteiger partial charge in [-0.1, -0.05) is 53.2 Å². The van der Waals surface area contributed by atoms with E-state index in [-0.39, 0.29) is 57.1 Å². The van der Waals surface area contributed by atoms with Crippen LogP contribution in [0.4, 0.5) is 0 Å². The molecule has 0 heterocycles. The molecule has 0 bridgehead atoms. The highest BCUT2D eigenvalue weighted by atomic mass is 16.5. The van der Waals surface area contributed by atoms with Crippen molar-refractivity contribution < 1.29 is 23.9 Å². The van der Waals surface area contributed by atoms with Crippen molar-refractivity contribution in [3.8, 4) is 6.07 Å². The van der Waals surface area contributed by atoms with Gasteiger partial charge < -0.3 is 9.47 Å². The Hall–Kier alpha value is -2.26. The van der Waals surface area contributed by atoms with Gasteiger partial charge in [-0.15, -0.1) is 0 Å². The predicted molar refractivity (Wildman–Crippen MR) is 152 cm³/mol. The highest BCUT2D eigenvalue weighted by Gasteiger charge is 2.71. The molecule has 8 atom stereocenters. The molecule has 0 amide bonds. The quantitative estimate of drug-likeness (QED) is 0.377. The second kappa shape index (κ2) is 9.12. The van der Waals surface area contributed by atoms with Crippen molar-refractivity contribution in [1.29, 1.82) is 5.26 Å². The number of fused-ring (bicyclic) bond motifs is 7. The third-order valence-corrected chi connectivity index (χ3v) is 13.1. The number of rotatable bonds is 4. The van der Waals surface area contributed by atoms with Crippen LogP contribution < -0.4 is 0 Å². The average molecular weight is 550 g/mol. The number of carbonyl (C=O) groups is 3. The summed E-state index contributed by atoms with van der Waals surface area (Å²) in [6.07, 6.45) is 10.1. The molecule has 3 saturated carbocycles. The molecule has 0 saturated heterocycles. The number of allylic oxidation sites excluding steroid dienone is 4. The van der Waals surface area contributed by atoms with Gasteiger partial charge >= 0.3 is 5.97 Å². The summed E-state index contributed by atoms with van der Waals surface area (Å²) in [5.41, 5.74) is -1.28. The highest BCUT2D eigenvalue weighted by molar-refractivity contribution is 6.05. The normalized spacial score (nSPS) is 45.5. The van der Waals surface area contributed by atoms with Crippen LogP contribution in [-0.4, -0.2) is 38.4 Å². The molecule has 6 nitrogen and oxygen atoms in total. The molecular formula is C34H47NO5. The Morgan fingerprint density at radius 3 is 2.33 bits per heavy atom. The minimum absolute atomic E-state index is 0.0293. The molecule has 5 aliphatic carbocycles. The standard InChI is InChI=1S/C34H47NO5/c1-29(2)11-13-34(28(38)40-8)14-12-33(6)26(22(34)19-29)23(36)17-25-31(4)18-21(20-35)27(37)30(3,15-16-39-7)24(31)9-10-32(25,33)5/h17-18,22,24,26H,9-16,19H2,1-8H3/t22?,24?,26?,30-,31-,32+,33+,34-/m0/s1. The summed E-state index contributed by atoms with van der Waals surface area (Å²) < 4.78 is 10.8. The van der Waals surface area contributed by atoms with E-state index in [1.54, 1.807) is 7.11 Å². The van der Waals surface area contributed by atoms with Crippen LogP contribution in [0.2, 0.25) is 0 Å². The first-order chi connectivity index (χ1) is 18.6. The minimum Gasteiger partial charge on any atom is -0.469 e. The molecule has 0 aromatic rings. The zero-order chi connectivity index (χ0) is 29.5. The zero-order valence-electron chi connectivity index (χ0n) is 25.7. The maximum atomic E-state index is 14.5. The minimum atomic E-state index is -0.743. The highest BCUT2D eigenvalue weighted by Crippen LogP contribution is 2.74. The van der Waals surface area contributed by atoms with Gasteiger partial charge in [-0.3, -0.25) is 14.4 Å². The Labute approximate surface area is 239 Å². The fourth-order valence-electron chi connectivity index (χ4n) is 10.6. The Balaban J connectivity index is 1.68. The number of ketones is 2. The van der Waals surface area contributed by atoms with E-state index >= 15 is 0 Å². The van der Waals surface area contributed by atoms with Crippen LogP contribution in [0.5, 0.6) is 0 Å². The molecular weight excluding hydrogens is 502 g/mol. The molecule has 0 aliphatic heterocycles. The van der Waals surface area contributed by atoms with Crippen molar-refractivity contribution in [3.05, 3.63) is 23.3 Å². The molecule has 218 valence electrons. The molecule has 40 heavy (non-hydrogen) atoms. The van der Waals surface area contributed by atoms with Gasteiger partial charge in [0, 0.05) is 30.5 Å². The maximum absolute atomic E-state index is 14.5. The lowest BCUT2D eigenvalue weighted by molar-refractivity contribution is -0.191. The van der Waals surface area contributed by atoms with Gasteiger partial charge in [0.15, 0.2) is 11.6 Å². The molecule has 0 aromatic carbocycles. The summed E-state index contributed by atoms with van der Waals surface area (Å²) in [5, 5.41) is 10.1. The lowest BCUT2D eigenvalue weighted by Gasteiger charge is -2.69. The number of hydrogen-bond donors (Lipinski definition) is 0. The number of ether oxygens (including phenoxy) is 2. The Kier molecular flexibility index (Phi) is 6.67. The zero-order valence-corrected chi connectivity index (χ0v) is 25.7. The molecule has 0 radical (unpaired) electrons. The van der Waals surface area contributed by atoms with E-state index in [0.717, 1.165) is 50.5 Å². The van der Waals surface area contributed by atoms with E-state index in [9.17, 15) is 19.6 Å². The SMILES string of the molecule is COCC[C@]1(C)C(=O)C(C#N)=C[C@]2(C)C3=CC(=O)C4C5CC(C)(C)CC[C@]5(C(=O)OC)CC[C@@]4(C)[C@]3(C)CCC21. The second-order valence-corrected chi connectivity index (χ2v) is 15.3. The van der Waals surface area contributed by atoms with E-state index < -0.39 is 16.2 Å². The van der Waals surface area contributed by atoms with Crippen LogP contribution in [0, 0.1) is 61.6 Å². The summed E-state index contributed by atoms with van der Waals surface area (Å²) >= 11 is 0. The number of nitrogens with zero attached hydrogens (tertiary/aromatic N) is 1. The largest absolute Gasteiger partial charge is 0.469 e. The molecule has 3 unspecified atom stereocenters. The van der Waals surface area contributed by atoms with E-state index in [2.05, 4.69) is 40.7 Å². The number of carbonyl (C=O) groups excluding carboxylic acids is 3. The van der Waals surface area contributed by atoms with E-state index in [1.165, 1.54) is 7.11 Å². The molecule has 5 rings (SSSR count). The smallest absolute Gasteiger partial charge is 0.312 e. The lowest BCUT2D eigenvalue weighted by Crippen LogP contribution is -2.66. The van der Waals surface area contributed by atoms with Crippen LogP contribution in [0.15, 0.2) is 23.3 Å². The van der Waals surface area contributed by atoms with Crippen LogP contribution in [-0.2, 0) is 23.9 Å². The fourth-order valence-corrected chi connectivity index (χ4v) is 10.6. The second-order valence-electron chi connectivity index (χ2n) is 15.3. The molecule has 5 aliphatic rings. The first-order valence-electron chi connectivity index (χ1n) is 15.1. The third kappa shape index (κ3) is 3.58. The van der Waals surface area contributed by atoms with Gasteiger partial charge in [-0.25, -0.2) is 0 Å². The number of Topliss-reactive ketones (excluding diaryl/α,β-unsaturated/α-hetero) is 1. The van der Waals surface area contributed by atoms with Gasteiger partial charge in [-0.05, 0) is 85.5 Å².